The SMILES string of the molecule is C[C@H]1CN(CCC2CCCCC2)CCN1.Cl. The van der Waals surface area contributed by atoms with Crippen molar-refractivity contribution in [3.8, 4) is 0 Å². The van der Waals surface area contributed by atoms with Crippen molar-refractivity contribution < 1.29 is 0 Å². The fraction of sp³-hybridized carbons (Fsp3) is 1.00. The van der Waals surface area contributed by atoms with Gasteiger partial charge in [0.25, 0.3) is 0 Å². The molecule has 3 heteroatoms. The molecule has 2 rings (SSSR count). The van der Waals surface area contributed by atoms with E-state index in [0.717, 1.165) is 5.92 Å². The predicted octanol–water partition coefficient (Wildman–Crippen LogP) is 2.67. The molecule has 96 valence electrons. The number of hydrogen-bond acceptors (Lipinski definition) is 2. The standard InChI is InChI=1S/C13H26N2.ClH/c1-12-11-15(10-8-14-12)9-7-13-5-3-2-4-6-13;/h12-14H,2-11H2,1H3;1H/t12-;/m0./s1. The lowest BCUT2D eigenvalue weighted by Crippen LogP contribution is -2.49. The Kier molecular flexibility index (Phi) is 6.71. The minimum absolute atomic E-state index is 0. The van der Waals surface area contributed by atoms with Gasteiger partial charge in [0.05, 0.1) is 0 Å². The van der Waals surface area contributed by atoms with E-state index < -0.39 is 0 Å². The predicted molar refractivity (Wildman–Crippen MR) is 72.3 cm³/mol. The molecule has 0 aromatic rings. The molecule has 1 aliphatic carbocycles. The maximum absolute atomic E-state index is 3.51. The van der Waals surface area contributed by atoms with E-state index in [4.69, 9.17) is 0 Å². The highest BCUT2D eigenvalue weighted by Gasteiger charge is 2.18. The normalized spacial score (nSPS) is 28.7. The topological polar surface area (TPSA) is 15.3 Å². The molecule has 1 heterocycles. The molecule has 0 bridgehead atoms. The van der Waals surface area contributed by atoms with Gasteiger partial charge < -0.3 is 10.2 Å². The van der Waals surface area contributed by atoms with E-state index in [2.05, 4.69) is 17.1 Å². The van der Waals surface area contributed by atoms with Crippen LogP contribution in [-0.2, 0) is 0 Å². The van der Waals surface area contributed by atoms with Crippen LogP contribution in [0.4, 0.5) is 0 Å². The van der Waals surface area contributed by atoms with Gasteiger partial charge >= 0.3 is 0 Å². The van der Waals surface area contributed by atoms with E-state index in [-0.39, 0.29) is 12.4 Å². The highest BCUT2D eigenvalue weighted by Crippen LogP contribution is 2.26. The summed E-state index contributed by atoms with van der Waals surface area (Å²) in [5.41, 5.74) is 0. The maximum atomic E-state index is 3.51. The minimum Gasteiger partial charge on any atom is -0.312 e. The fourth-order valence-electron chi connectivity index (χ4n) is 3.06. The summed E-state index contributed by atoms with van der Waals surface area (Å²) >= 11 is 0. The third-order valence-electron chi connectivity index (χ3n) is 4.03. The van der Waals surface area contributed by atoms with Crippen LogP contribution >= 0.6 is 12.4 Å². The first-order chi connectivity index (χ1) is 7.34. The van der Waals surface area contributed by atoms with Crippen molar-refractivity contribution in [3.05, 3.63) is 0 Å². The molecule has 0 aromatic heterocycles. The van der Waals surface area contributed by atoms with Gasteiger partial charge in [-0.3, -0.25) is 0 Å². The first-order valence-corrected chi connectivity index (χ1v) is 6.80. The molecule has 1 aliphatic heterocycles. The van der Waals surface area contributed by atoms with E-state index in [0.29, 0.717) is 6.04 Å². The summed E-state index contributed by atoms with van der Waals surface area (Å²) in [6.45, 7) is 7.35. The Morgan fingerprint density at radius 2 is 1.94 bits per heavy atom. The minimum atomic E-state index is 0. The summed E-state index contributed by atoms with van der Waals surface area (Å²) in [5, 5.41) is 3.51. The third kappa shape index (κ3) is 4.60. The number of hydrogen-bond donors (Lipinski definition) is 1. The largest absolute Gasteiger partial charge is 0.312 e. The van der Waals surface area contributed by atoms with Crippen LogP contribution in [0.15, 0.2) is 0 Å². The lowest BCUT2D eigenvalue weighted by molar-refractivity contribution is 0.185. The van der Waals surface area contributed by atoms with Crippen LogP contribution in [0.5, 0.6) is 0 Å². The van der Waals surface area contributed by atoms with Crippen LogP contribution < -0.4 is 5.32 Å². The van der Waals surface area contributed by atoms with Gasteiger partial charge in [0.1, 0.15) is 0 Å². The molecule has 1 saturated heterocycles. The molecule has 0 aromatic carbocycles. The zero-order valence-corrected chi connectivity index (χ0v) is 11.4. The number of piperazine rings is 1. The molecule has 0 unspecified atom stereocenters. The van der Waals surface area contributed by atoms with Crippen LogP contribution in [0.2, 0.25) is 0 Å². The van der Waals surface area contributed by atoms with Crippen molar-refractivity contribution in [2.75, 3.05) is 26.2 Å². The fourth-order valence-corrected chi connectivity index (χ4v) is 3.06. The van der Waals surface area contributed by atoms with Gasteiger partial charge in [0.15, 0.2) is 0 Å². The molecule has 0 amide bonds. The molecular formula is C13H27ClN2. The lowest BCUT2D eigenvalue weighted by Gasteiger charge is -2.33. The summed E-state index contributed by atoms with van der Waals surface area (Å²) in [5.74, 6) is 1.05. The average Bonchev–Trinajstić information content (AvgIpc) is 2.28. The molecule has 0 radical (unpaired) electrons. The van der Waals surface area contributed by atoms with Gasteiger partial charge in [-0.25, -0.2) is 0 Å². The summed E-state index contributed by atoms with van der Waals surface area (Å²) < 4.78 is 0. The Morgan fingerprint density at radius 3 is 2.62 bits per heavy atom. The van der Waals surface area contributed by atoms with Crippen molar-refractivity contribution in [1.29, 1.82) is 0 Å². The second-order valence-corrected chi connectivity index (χ2v) is 5.45. The first-order valence-electron chi connectivity index (χ1n) is 6.80. The van der Waals surface area contributed by atoms with E-state index in [1.165, 1.54) is 64.7 Å². The van der Waals surface area contributed by atoms with Crippen LogP contribution in [0.25, 0.3) is 0 Å². The summed E-state index contributed by atoms with van der Waals surface area (Å²) in [6.07, 6.45) is 8.92. The second-order valence-electron chi connectivity index (χ2n) is 5.45. The van der Waals surface area contributed by atoms with Gasteiger partial charge in [-0.1, -0.05) is 32.1 Å². The highest BCUT2D eigenvalue weighted by molar-refractivity contribution is 5.85. The molecule has 2 aliphatic rings. The Bertz CT molecular complexity index is 181. The monoisotopic (exact) mass is 246 g/mol. The van der Waals surface area contributed by atoms with Gasteiger partial charge in [0.2, 0.25) is 0 Å². The highest BCUT2D eigenvalue weighted by atomic mass is 35.5. The van der Waals surface area contributed by atoms with E-state index in [1.807, 2.05) is 0 Å². The molecule has 1 saturated carbocycles. The Labute approximate surface area is 107 Å². The number of halogens is 1. The molecular weight excluding hydrogens is 220 g/mol. The number of nitrogens with zero attached hydrogens (tertiary/aromatic N) is 1. The van der Waals surface area contributed by atoms with Gasteiger partial charge in [-0.2, -0.15) is 0 Å². The van der Waals surface area contributed by atoms with Gasteiger partial charge in [-0.15, -0.1) is 12.4 Å². The molecule has 2 fully saturated rings. The summed E-state index contributed by atoms with van der Waals surface area (Å²) in [6, 6.07) is 0.699. The quantitative estimate of drug-likeness (QED) is 0.824. The maximum Gasteiger partial charge on any atom is 0.0167 e. The van der Waals surface area contributed by atoms with Crippen molar-refractivity contribution in [2.24, 2.45) is 5.92 Å². The van der Waals surface area contributed by atoms with Crippen molar-refractivity contribution in [1.82, 2.24) is 10.2 Å². The summed E-state index contributed by atoms with van der Waals surface area (Å²) in [7, 11) is 0. The molecule has 1 atom stereocenters. The first kappa shape index (κ1) is 14.3. The van der Waals surface area contributed by atoms with Crippen LogP contribution in [0, 0.1) is 5.92 Å². The smallest absolute Gasteiger partial charge is 0.0167 e. The lowest BCUT2D eigenvalue weighted by atomic mass is 9.87. The molecule has 0 spiro atoms. The second kappa shape index (κ2) is 7.52. The Balaban J connectivity index is 0.00000128. The Hall–Kier alpha value is 0.210. The van der Waals surface area contributed by atoms with Crippen LogP contribution in [0.3, 0.4) is 0 Å². The van der Waals surface area contributed by atoms with Crippen LogP contribution in [-0.4, -0.2) is 37.1 Å². The van der Waals surface area contributed by atoms with Crippen molar-refractivity contribution in [3.63, 3.8) is 0 Å². The third-order valence-corrected chi connectivity index (χ3v) is 4.03. The van der Waals surface area contributed by atoms with Crippen molar-refractivity contribution in [2.45, 2.75) is 51.5 Å². The molecule has 1 N–H and O–H groups in total. The zero-order valence-electron chi connectivity index (χ0n) is 10.6. The van der Waals surface area contributed by atoms with Crippen LogP contribution in [0.1, 0.15) is 45.4 Å². The average molecular weight is 247 g/mol. The van der Waals surface area contributed by atoms with E-state index in [9.17, 15) is 0 Å². The Morgan fingerprint density at radius 1 is 1.19 bits per heavy atom. The molecule has 16 heavy (non-hydrogen) atoms. The van der Waals surface area contributed by atoms with Gasteiger partial charge in [-0.05, 0) is 25.8 Å². The van der Waals surface area contributed by atoms with E-state index >= 15 is 0 Å². The van der Waals surface area contributed by atoms with Crippen molar-refractivity contribution >= 4 is 12.4 Å². The summed E-state index contributed by atoms with van der Waals surface area (Å²) in [4.78, 5) is 2.65. The number of nitrogens with one attached hydrogen (secondary N) is 1. The van der Waals surface area contributed by atoms with Gasteiger partial charge in [0, 0.05) is 25.7 Å². The van der Waals surface area contributed by atoms with E-state index in [1.54, 1.807) is 0 Å². The molecule has 2 nitrogen and oxygen atoms in total. The zero-order chi connectivity index (χ0) is 10.5. The number of rotatable bonds is 3.